The van der Waals surface area contributed by atoms with Crippen LogP contribution >= 0.6 is 11.6 Å². The molecule has 1 N–H and O–H groups in total. The van der Waals surface area contributed by atoms with Crippen molar-refractivity contribution in [1.82, 2.24) is 9.78 Å². The smallest absolute Gasteiger partial charge is 0.335 e. The van der Waals surface area contributed by atoms with E-state index in [9.17, 15) is 4.79 Å². The molecule has 0 amide bonds. The van der Waals surface area contributed by atoms with Gasteiger partial charge in [0.1, 0.15) is 0 Å². The first-order valence-electron chi connectivity index (χ1n) is 6.53. The van der Waals surface area contributed by atoms with E-state index >= 15 is 0 Å². The summed E-state index contributed by atoms with van der Waals surface area (Å²) in [5.74, 6) is -0.941. The zero-order valence-corrected chi connectivity index (χ0v) is 12.1. The Morgan fingerprint density at radius 3 is 2.76 bits per heavy atom. The molecule has 1 heterocycles. The van der Waals surface area contributed by atoms with Gasteiger partial charge < -0.3 is 5.11 Å². The molecule has 1 atom stereocenters. The van der Waals surface area contributed by atoms with Crippen LogP contribution in [0.1, 0.15) is 28.9 Å². The maximum absolute atomic E-state index is 11.0. The summed E-state index contributed by atoms with van der Waals surface area (Å²) >= 11 is 6.24. The average molecular weight is 301 g/mol. The van der Waals surface area contributed by atoms with E-state index in [1.165, 1.54) is 0 Å². The minimum atomic E-state index is -0.941. The average Bonchev–Trinajstić information content (AvgIpc) is 2.90. The molecule has 0 spiro atoms. The van der Waals surface area contributed by atoms with Crippen LogP contribution in [-0.2, 0) is 0 Å². The maximum Gasteiger partial charge on any atom is 0.335 e. The molecule has 1 unspecified atom stereocenters. The van der Waals surface area contributed by atoms with Crippen LogP contribution in [0.4, 0.5) is 0 Å². The van der Waals surface area contributed by atoms with Crippen molar-refractivity contribution in [3.8, 4) is 0 Å². The quantitative estimate of drug-likeness (QED) is 0.795. The van der Waals surface area contributed by atoms with E-state index in [1.807, 2.05) is 35.9 Å². The van der Waals surface area contributed by atoms with Crippen molar-refractivity contribution in [3.05, 3.63) is 64.8 Å². The molecule has 0 bridgehead atoms. The second kappa shape index (κ2) is 5.22. The molecule has 0 aliphatic carbocycles. The molecule has 21 heavy (non-hydrogen) atoms. The number of carboxylic acids is 1. The number of hydrogen-bond donors (Lipinski definition) is 1. The molecule has 0 aliphatic rings. The van der Waals surface area contributed by atoms with Crippen molar-refractivity contribution in [2.45, 2.75) is 13.0 Å². The SMILES string of the molecule is CC(c1ccccc1Cl)n1ncc2cc(C(=O)O)ccc21. The summed E-state index contributed by atoms with van der Waals surface area (Å²) in [7, 11) is 0. The van der Waals surface area contributed by atoms with E-state index in [0.717, 1.165) is 16.5 Å². The molecule has 3 aromatic rings. The molecule has 3 rings (SSSR count). The number of aromatic nitrogens is 2. The Morgan fingerprint density at radius 2 is 2.05 bits per heavy atom. The first-order chi connectivity index (χ1) is 10.1. The van der Waals surface area contributed by atoms with Crippen LogP contribution < -0.4 is 0 Å². The predicted octanol–water partition coefficient (Wildman–Crippen LogP) is 4.00. The van der Waals surface area contributed by atoms with Gasteiger partial charge in [-0.15, -0.1) is 0 Å². The molecule has 1 aromatic heterocycles. The Hall–Kier alpha value is -2.33. The summed E-state index contributed by atoms with van der Waals surface area (Å²) in [6, 6.07) is 12.6. The lowest BCUT2D eigenvalue weighted by molar-refractivity contribution is 0.0697. The van der Waals surface area contributed by atoms with E-state index < -0.39 is 5.97 Å². The van der Waals surface area contributed by atoms with Crippen molar-refractivity contribution in [2.75, 3.05) is 0 Å². The lowest BCUT2D eigenvalue weighted by Crippen LogP contribution is -2.08. The Balaban J connectivity index is 2.09. The molecule has 0 aliphatic heterocycles. The minimum absolute atomic E-state index is 0.0353. The Labute approximate surface area is 126 Å². The minimum Gasteiger partial charge on any atom is -0.478 e. The van der Waals surface area contributed by atoms with Crippen molar-refractivity contribution in [1.29, 1.82) is 0 Å². The van der Waals surface area contributed by atoms with Gasteiger partial charge in [0, 0.05) is 10.4 Å². The fourth-order valence-electron chi connectivity index (χ4n) is 2.44. The Kier molecular flexibility index (Phi) is 3.39. The molecular weight excluding hydrogens is 288 g/mol. The number of benzene rings is 2. The zero-order valence-electron chi connectivity index (χ0n) is 11.3. The van der Waals surface area contributed by atoms with Gasteiger partial charge >= 0.3 is 5.97 Å². The second-order valence-electron chi connectivity index (χ2n) is 4.87. The molecule has 0 saturated heterocycles. The van der Waals surface area contributed by atoms with Crippen molar-refractivity contribution >= 4 is 28.5 Å². The van der Waals surface area contributed by atoms with Gasteiger partial charge in [-0.05, 0) is 36.8 Å². The highest BCUT2D eigenvalue weighted by molar-refractivity contribution is 6.31. The van der Waals surface area contributed by atoms with Crippen LogP contribution in [0, 0.1) is 0 Å². The molecule has 0 radical (unpaired) electrons. The predicted molar refractivity (Wildman–Crippen MR) is 82.0 cm³/mol. The highest BCUT2D eigenvalue weighted by atomic mass is 35.5. The van der Waals surface area contributed by atoms with Gasteiger partial charge in [0.2, 0.25) is 0 Å². The summed E-state index contributed by atoms with van der Waals surface area (Å²) in [5.41, 5.74) is 2.12. The number of fused-ring (bicyclic) bond motifs is 1. The number of hydrogen-bond acceptors (Lipinski definition) is 2. The lowest BCUT2D eigenvalue weighted by Gasteiger charge is -2.15. The molecule has 2 aromatic carbocycles. The lowest BCUT2D eigenvalue weighted by atomic mass is 10.1. The second-order valence-corrected chi connectivity index (χ2v) is 5.27. The van der Waals surface area contributed by atoms with E-state index in [4.69, 9.17) is 16.7 Å². The van der Waals surface area contributed by atoms with Gasteiger partial charge in [-0.25, -0.2) is 4.79 Å². The molecule has 5 heteroatoms. The number of halogens is 1. The van der Waals surface area contributed by atoms with E-state index in [2.05, 4.69) is 5.10 Å². The number of nitrogens with zero attached hydrogens (tertiary/aromatic N) is 2. The largest absolute Gasteiger partial charge is 0.478 e. The number of carbonyl (C=O) groups is 1. The molecular formula is C16H13ClN2O2. The van der Waals surface area contributed by atoms with Crippen molar-refractivity contribution in [2.24, 2.45) is 0 Å². The van der Waals surface area contributed by atoms with Gasteiger partial charge in [0.05, 0.1) is 23.3 Å². The standard InChI is InChI=1S/C16H13ClN2O2/c1-10(13-4-2-3-5-14(13)17)19-15-7-6-11(16(20)21)8-12(15)9-18-19/h2-10H,1H3,(H,20,21). The van der Waals surface area contributed by atoms with Crippen LogP contribution in [0.2, 0.25) is 5.02 Å². The number of aromatic carboxylic acids is 1. The van der Waals surface area contributed by atoms with Crippen molar-refractivity contribution < 1.29 is 9.90 Å². The van der Waals surface area contributed by atoms with Crippen LogP contribution in [0.5, 0.6) is 0 Å². The first-order valence-corrected chi connectivity index (χ1v) is 6.90. The number of carboxylic acid groups (broad SMARTS) is 1. The van der Waals surface area contributed by atoms with Gasteiger partial charge in [0.15, 0.2) is 0 Å². The third kappa shape index (κ3) is 2.38. The van der Waals surface area contributed by atoms with Crippen molar-refractivity contribution in [3.63, 3.8) is 0 Å². The van der Waals surface area contributed by atoms with E-state index in [-0.39, 0.29) is 11.6 Å². The molecule has 106 valence electrons. The Bertz CT molecular complexity index is 826. The highest BCUT2D eigenvalue weighted by Gasteiger charge is 2.15. The summed E-state index contributed by atoms with van der Waals surface area (Å²) in [6.45, 7) is 2.01. The molecule has 4 nitrogen and oxygen atoms in total. The first kappa shape index (κ1) is 13.6. The zero-order chi connectivity index (χ0) is 15.0. The Morgan fingerprint density at radius 1 is 1.29 bits per heavy atom. The summed E-state index contributed by atoms with van der Waals surface area (Å²) in [5, 5.41) is 14.9. The molecule has 0 saturated carbocycles. The third-order valence-corrected chi connectivity index (χ3v) is 3.91. The fraction of sp³-hybridized carbons (Fsp3) is 0.125. The summed E-state index contributed by atoms with van der Waals surface area (Å²) < 4.78 is 1.85. The van der Waals surface area contributed by atoms with E-state index in [1.54, 1.807) is 24.4 Å². The highest BCUT2D eigenvalue weighted by Crippen LogP contribution is 2.28. The van der Waals surface area contributed by atoms with Gasteiger partial charge in [-0.3, -0.25) is 4.68 Å². The molecule has 0 fully saturated rings. The fourth-order valence-corrected chi connectivity index (χ4v) is 2.73. The van der Waals surface area contributed by atoms with Crippen LogP contribution in [0.25, 0.3) is 10.9 Å². The van der Waals surface area contributed by atoms with Gasteiger partial charge in [0.25, 0.3) is 0 Å². The maximum atomic E-state index is 11.0. The van der Waals surface area contributed by atoms with Crippen LogP contribution in [0.15, 0.2) is 48.7 Å². The summed E-state index contributed by atoms with van der Waals surface area (Å²) in [6.07, 6.45) is 1.68. The monoisotopic (exact) mass is 300 g/mol. The van der Waals surface area contributed by atoms with Gasteiger partial charge in [-0.2, -0.15) is 5.10 Å². The van der Waals surface area contributed by atoms with Crippen LogP contribution in [-0.4, -0.2) is 20.9 Å². The third-order valence-electron chi connectivity index (χ3n) is 3.56. The number of rotatable bonds is 3. The topological polar surface area (TPSA) is 55.1 Å². The van der Waals surface area contributed by atoms with E-state index in [0.29, 0.717) is 5.02 Å². The normalized spacial score (nSPS) is 12.5. The van der Waals surface area contributed by atoms with Crippen LogP contribution in [0.3, 0.4) is 0 Å². The van der Waals surface area contributed by atoms with Gasteiger partial charge in [-0.1, -0.05) is 29.8 Å². The summed E-state index contributed by atoms with van der Waals surface area (Å²) in [4.78, 5) is 11.0.